The normalized spacial score (nSPS) is 22.0. The minimum absolute atomic E-state index is 0.133. The third kappa shape index (κ3) is 3.36. The summed E-state index contributed by atoms with van der Waals surface area (Å²) in [5.41, 5.74) is -1.27. The van der Waals surface area contributed by atoms with Gasteiger partial charge in [0.1, 0.15) is 0 Å². The zero-order valence-corrected chi connectivity index (χ0v) is 12.4. The maximum Gasteiger partial charge on any atom is 0.343 e. The van der Waals surface area contributed by atoms with Gasteiger partial charge in [0.25, 0.3) is 0 Å². The molecule has 1 N–H and O–H groups in total. The molecule has 1 unspecified atom stereocenters. The van der Waals surface area contributed by atoms with Gasteiger partial charge in [0, 0.05) is 23.9 Å². The van der Waals surface area contributed by atoms with Crippen LogP contribution in [0.15, 0.2) is 28.7 Å². The number of carbonyl (C=O) groups is 2. The average Bonchev–Trinajstić information content (AvgIpc) is 2.82. The fraction of sp³-hybridized carbons (Fsp3) is 0.429. The number of carbonyl (C=O) groups excluding carboxylic acids is 1. The molecule has 0 aromatic heterocycles. The van der Waals surface area contributed by atoms with Crippen molar-refractivity contribution in [3.8, 4) is 0 Å². The van der Waals surface area contributed by atoms with E-state index in [0.29, 0.717) is 6.42 Å². The number of hydrogen-bond donors (Lipinski definition) is 1. The summed E-state index contributed by atoms with van der Waals surface area (Å²) < 4.78 is 14.8. The number of carboxylic acids is 1. The third-order valence-electron chi connectivity index (χ3n) is 3.50. The van der Waals surface area contributed by atoms with Crippen LogP contribution >= 0.6 is 15.9 Å². The molecule has 1 amide bonds. The number of aliphatic carboxylic acids is 1. The molecule has 6 heteroatoms. The quantitative estimate of drug-likeness (QED) is 0.913. The van der Waals surface area contributed by atoms with Crippen molar-refractivity contribution < 1.29 is 19.1 Å². The van der Waals surface area contributed by atoms with E-state index in [1.165, 1.54) is 4.90 Å². The van der Waals surface area contributed by atoms with Gasteiger partial charge in [-0.25, -0.2) is 9.18 Å². The summed E-state index contributed by atoms with van der Waals surface area (Å²) in [5.74, 6) is -1.69. The van der Waals surface area contributed by atoms with Crippen molar-refractivity contribution >= 4 is 27.8 Å². The SMILES string of the molecule is O=C(CCc1ccc(Br)cc1)N1CCC(F)(C(=O)O)C1. The van der Waals surface area contributed by atoms with Crippen LogP contribution in [0.25, 0.3) is 0 Å². The summed E-state index contributed by atoms with van der Waals surface area (Å²) in [5, 5.41) is 8.79. The highest BCUT2D eigenvalue weighted by molar-refractivity contribution is 9.10. The second kappa shape index (κ2) is 5.91. The van der Waals surface area contributed by atoms with E-state index in [1.807, 2.05) is 24.3 Å². The molecule has 1 saturated heterocycles. The molecule has 1 fully saturated rings. The molecule has 1 aliphatic heterocycles. The molecular formula is C14H15BrFNO3. The van der Waals surface area contributed by atoms with E-state index in [0.717, 1.165) is 10.0 Å². The second-order valence-electron chi connectivity index (χ2n) is 4.96. The summed E-state index contributed by atoms with van der Waals surface area (Å²) in [6.45, 7) is -0.177. The summed E-state index contributed by atoms with van der Waals surface area (Å²) in [6, 6.07) is 7.62. The summed E-state index contributed by atoms with van der Waals surface area (Å²) in [7, 11) is 0. The van der Waals surface area contributed by atoms with E-state index in [1.54, 1.807) is 0 Å². The minimum atomic E-state index is -2.28. The molecule has 0 bridgehead atoms. The van der Waals surface area contributed by atoms with Crippen LogP contribution in [0.2, 0.25) is 0 Å². The number of benzene rings is 1. The Balaban J connectivity index is 1.87. The lowest BCUT2D eigenvalue weighted by Gasteiger charge is -2.17. The van der Waals surface area contributed by atoms with Gasteiger partial charge in [-0.1, -0.05) is 28.1 Å². The number of aryl methyl sites for hydroxylation is 1. The van der Waals surface area contributed by atoms with E-state index < -0.39 is 11.6 Å². The Labute approximate surface area is 124 Å². The Bertz CT molecular complexity index is 520. The number of halogens is 2. The van der Waals surface area contributed by atoms with Crippen LogP contribution < -0.4 is 0 Å². The van der Waals surface area contributed by atoms with Crippen molar-refractivity contribution in [2.24, 2.45) is 0 Å². The highest BCUT2D eigenvalue weighted by atomic mass is 79.9. The molecule has 1 aromatic rings. The zero-order valence-electron chi connectivity index (χ0n) is 10.8. The van der Waals surface area contributed by atoms with E-state index in [2.05, 4.69) is 15.9 Å². The lowest BCUT2D eigenvalue weighted by molar-refractivity contribution is -0.150. The smallest absolute Gasteiger partial charge is 0.343 e. The monoisotopic (exact) mass is 343 g/mol. The Morgan fingerprint density at radius 2 is 2.00 bits per heavy atom. The van der Waals surface area contributed by atoms with Crippen molar-refractivity contribution in [1.29, 1.82) is 0 Å². The standard InChI is InChI=1S/C14H15BrFNO3/c15-11-4-1-10(2-5-11)3-6-12(18)17-8-7-14(16,9-17)13(19)20/h1-2,4-5H,3,6-9H2,(H,19,20). The van der Waals surface area contributed by atoms with E-state index in [-0.39, 0.29) is 31.8 Å². The number of nitrogens with zero attached hydrogens (tertiary/aromatic N) is 1. The molecule has 20 heavy (non-hydrogen) atoms. The van der Waals surface area contributed by atoms with Crippen LogP contribution in [0.5, 0.6) is 0 Å². The van der Waals surface area contributed by atoms with Gasteiger partial charge in [-0.3, -0.25) is 4.79 Å². The Kier molecular flexibility index (Phi) is 4.42. The van der Waals surface area contributed by atoms with Gasteiger partial charge in [0.2, 0.25) is 11.6 Å². The first-order valence-corrected chi connectivity index (χ1v) is 7.14. The maximum absolute atomic E-state index is 13.9. The van der Waals surface area contributed by atoms with Gasteiger partial charge < -0.3 is 10.0 Å². The lowest BCUT2D eigenvalue weighted by Crippen LogP contribution is -2.38. The zero-order chi connectivity index (χ0) is 14.8. The van der Waals surface area contributed by atoms with E-state index >= 15 is 0 Å². The average molecular weight is 344 g/mol. The van der Waals surface area contributed by atoms with Gasteiger partial charge >= 0.3 is 5.97 Å². The highest BCUT2D eigenvalue weighted by Crippen LogP contribution is 2.26. The summed E-state index contributed by atoms with van der Waals surface area (Å²) in [6.07, 6.45) is 0.693. The van der Waals surface area contributed by atoms with Crippen LogP contribution in [0.1, 0.15) is 18.4 Å². The Hall–Kier alpha value is -1.43. The predicted octanol–water partition coefficient (Wildman–Crippen LogP) is 2.41. The first-order valence-electron chi connectivity index (χ1n) is 6.35. The van der Waals surface area contributed by atoms with Crippen LogP contribution in [-0.4, -0.2) is 40.6 Å². The van der Waals surface area contributed by atoms with Gasteiger partial charge in [-0.2, -0.15) is 0 Å². The van der Waals surface area contributed by atoms with Crippen LogP contribution in [0.3, 0.4) is 0 Å². The van der Waals surface area contributed by atoms with Gasteiger partial charge in [0.15, 0.2) is 0 Å². The Morgan fingerprint density at radius 1 is 1.35 bits per heavy atom. The number of carboxylic acid groups (broad SMARTS) is 1. The maximum atomic E-state index is 13.9. The molecule has 108 valence electrons. The van der Waals surface area contributed by atoms with Crippen molar-refractivity contribution in [2.75, 3.05) is 13.1 Å². The lowest BCUT2D eigenvalue weighted by atomic mass is 10.1. The Morgan fingerprint density at radius 3 is 2.55 bits per heavy atom. The van der Waals surface area contributed by atoms with Gasteiger partial charge in [0.05, 0.1) is 6.54 Å². The minimum Gasteiger partial charge on any atom is -0.479 e. The topological polar surface area (TPSA) is 57.6 Å². The predicted molar refractivity (Wildman–Crippen MR) is 75.1 cm³/mol. The number of amides is 1. The van der Waals surface area contributed by atoms with Crippen molar-refractivity contribution in [1.82, 2.24) is 4.90 Å². The highest BCUT2D eigenvalue weighted by Gasteiger charge is 2.46. The molecule has 0 spiro atoms. The van der Waals surface area contributed by atoms with Crippen LogP contribution in [-0.2, 0) is 16.0 Å². The molecule has 1 atom stereocenters. The molecule has 1 aliphatic rings. The molecule has 1 aromatic carbocycles. The molecule has 1 heterocycles. The van der Waals surface area contributed by atoms with E-state index in [4.69, 9.17) is 5.11 Å². The molecule has 0 radical (unpaired) electrons. The van der Waals surface area contributed by atoms with Crippen LogP contribution in [0.4, 0.5) is 4.39 Å². The number of hydrogen-bond acceptors (Lipinski definition) is 2. The number of likely N-dealkylation sites (tertiary alicyclic amines) is 1. The molecular weight excluding hydrogens is 329 g/mol. The number of alkyl halides is 1. The largest absolute Gasteiger partial charge is 0.479 e. The van der Waals surface area contributed by atoms with Crippen molar-refractivity contribution in [3.63, 3.8) is 0 Å². The van der Waals surface area contributed by atoms with Gasteiger partial charge in [-0.15, -0.1) is 0 Å². The third-order valence-corrected chi connectivity index (χ3v) is 4.02. The molecule has 0 saturated carbocycles. The fourth-order valence-electron chi connectivity index (χ4n) is 2.22. The van der Waals surface area contributed by atoms with Crippen molar-refractivity contribution in [2.45, 2.75) is 24.9 Å². The van der Waals surface area contributed by atoms with Gasteiger partial charge in [-0.05, 0) is 24.1 Å². The first kappa shape index (κ1) is 15.0. The molecule has 0 aliphatic carbocycles. The summed E-state index contributed by atoms with van der Waals surface area (Å²) in [4.78, 5) is 24.0. The second-order valence-corrected chi connectivity index (χ2v) is 5.88. The van der Waals surface area contributed by atoms with Crippen LogP contribution in [0, 0.1) is 0 Å². The van der Waals surface area contributed by atoms with E-state index in [9.17, 15) is 14.0 Å². The molecule has 4 nitrogen and oxygen atoms in total. The van der Waals surface area contributed by atoms with Crippen molar-refractivity contribution in [3.05, 3.63) is 34.3 Å². The molecule has 2 rings (SSSR count). The first-order chi connectivity index (χ1) is 9.40. The summed E-state index contributed by atoms with van der Waals surface area (Å²) >= 11 is 3.33. The number of rotatable bonds is 4. The fourth-order valence-corrected chi connectivity index (χ4v) is 2.49.